The van der Waals surface area contributed by atoms with Crippen molar-refractivity contribution in [2.24, 2.45) is 5.73 Å². The van der Waals surface area contributed by atoms with Crippen molar-refractivity contribution in [2.45, 2.75) is 38.5 Å². The summed E-state index contributed by atoms with van der Waals surface area (Å²) >= 11 is 0. The summed E-state index contributed by atoms with van der Waals surface area (Å²) < 4.78 is 10.6. The molecule has 0 saturated carbocycles. The lowest BCUT2D eigenvalue weighted by molar-refractivity contribution is -0.119. The lowest BCUT2D eigenvalue weighted by Crippen LogP contribution is -2.23. The second kappa shape index (κ2) is 7.60. The molecule has 0 saturated heterocycles. The van der Waals surface area contributed by atoms with Crippen molar-refractivity contribution in [3.05, 3.63) is 59.2 Å². The van der Waals surface area contributed by atoms with E-state index in [1.54, 1.807) is 20.3 Å². The van der Waals surface area contributed by atoms with Crippen molar-refractivity contribution in [1.29, 1.82) is 0 Å². The molecule has 0 heterocycles. The molecule has 0 bridgehead atoms. The van der Waals surface area contributed by atoms with Crippen LogP contribution in [-0.4, -0.2) is 20.1 Å². The summed E-state index contributed by atoms with van der Waals surface area (Å²) in [6.07, 6.45) is 0.538. The minimum atomic E-state index is -0.440. The van der Waals surface area contributed by atoms with Gasteiger partial charge in [-0.15, -0.1) is 0 Å². The van der Waals surface area contributed by atoms with Crippen LogP contribution in [0, 0.1) is 0 Å². The van der Waals surface area contributed by atoms with Crippen LogP contribution in [0.1, 0.15) is 43.4 Å². The van der Waals surface area contributed by atoms with Gasteiger partial charge in [-0.2, -0.15) is 0 Å². The number of methoxy groups -OCH3 is 2. The molecule has 0 aromatic heterocycles. The first kappa shape index (κ1) is 18.8. The van der Waals surface area contributed by atoms with Gasteiger partial charge in [0.15, 0.2) is 0 Å². The number of ether oxygens (including phenoxy) is 2. The number of nitrogens with two attached hydrogens (primary N) is 1. The van der Waals surface area contributed by atoms with Gasteiger partial charge in [-0.25, -0.2) is 0 Å². The normalized spacial score (nSPS) is 12.5. The van der Waals surface area contributed by atoms with E-state index in [1.807, 2.05) is 12.1 Å². The van der Waals surface area contributed by atoms with Crippen LogP contribution in [0.25, 0.3) is 0 Å². The fourth-order valence-electron chi connectivity index (χ4n) is 2.79. The van der Waals surface area contributed by atoms with Crippen molar-refractivity contribution in [2.75, 3.05) is 14.2 Å². The third-order valence-electron chi connectivity index (χ3n) is 4.38. The number of carbonyl (C=O) groups excluding carboxylic acids is 1. The zero-order chi connectivity index (χ0) is 18.6. The minimum absolute atomic E-state index is 0.0990. The van der Waals surface area contributed by atoms with Gasteiger partial charge in [-0.1, -0.05) is 45.0 Å². The molecule has 0 fully saturated rings. The van der Waals surface area contributed by atoms with Crippen LogP contribution in [0.5, 0.6) is 11.5 Å². The Balaban J connectivity index is 2.32. The standard InChI is InChI=1S/C21H27NO3/c1-21(2,3)16-8-6-14(7-9-16)10-19(20(22)23)15-11-17(24-4)13-18(12-15)25-5/h6-9,11-13,19H,10H2,1-5H3,(H2,22,23). The van der Waals surface area contributed by atoms with E-state index in [0.29, 0.717) is 17.9 Å². The van der Waals surface area contributed by atoms with Gasteiger partial charge < -0.3 is 15.2 Å². The maximum Gasteiger partial charge on any atom is 0.225 e. The molecule has 0 aliphatic carbocycles. The fraction of sp³-hybridized carbons (Fsp3) is 0.381. The molecular formula is C21H27NO3. The summed E-state index contributed by atoms with van der Waals surface area (Å²) in [6.45, 7) is 6.53. The Hall–Kier alpha value is -2.49. The molecule has 134 valence electrons. The van der Waals surface area contributed by atoms with Gasteiger partial charge >= 0.3 is 0 Å². The largest absolute Gasteiger partial charge is 0.497 e. The minimum Gasteiger partial charge on any atom is -0.497 e. The molecule has 2 aromatic rings. The van der Waals surface area contributed by atoms with Gasteiger partial charge in [0, 0.05) is 6.07 Å². The van der Waals surface area contributed by atoms with Crippen LogP contribution < -0.4 is 15.2 Å². The Labute approximate surface area is 150 Å². The number of carbonyl (C=O) groups is 1. The Morgan fingerprint density at radius 3 is 1.92 bits per heavy atom. The maximum absolute atomic E-state index is 12.1. The van der Waals surface area contributed by atoms with Crippen LogP contribution in [-0.2, 0) is 16.6 Å². The van der Waals surface area contributed by atoms with Crippen molar-refractivity contribution < 1.29 is 14.3 Å². The van der Waals surface area contributed by atoms with Gasteiger partial charge in [0.25, 0.3) is 0 Å². The predicted octanol–water partition coefficient (Wildman–Crippen LogP) is 3.81. The molecule has 1 amide bonds. The van der Waals surface area contributed by atoms with E-state index in [-0.39, 0.29) is 11.3 Å². The van der Waals surface area contributed by atoms with Crippen molar-refractivity contribution >= 4 is 5.91 Å². The number of primary amides is 1. The molecule has 1 unspecified atom stereocenters. The summed E-state index contributed by atoms with van der Waals surface area (Å²) in [5, 5.41) is 0. The average Bonchev–Trinajstić information content (AvgIpc) is 2.58. The van der Waals surface area contributed by atoms with Gasteiger partial charge in [0.1, 0.15) is 11.5 Å². The second-order valence-electron chi connectivity index (χ2n) is 7.25. The summed E-state index contributed by atoms with van der Waals surface area (Å²) in [4.78, 5) is 12.1. The smallest absolute Gasteiger partial charge is 0.225 e. The Morgan fingerprint density at radius 1 is 1.00 bits per heavy atom. The van der Waals surface area contributed by atoms with E-state index in [1.165, 1.54) is 5.56 Å². The number of benzene rings is 2. The lowest BCUT2D eigenvalue weighted by Gasteiger charge is -2.20. The zero-order valence-electron chi connectivity index (χ0n) is 15.6. The summed E-state index contributed by atoms with van der Waals surface area (Å²) in [5.74, 6) is 0.479. The average molecular weight is 341 g/mol. The number of amides is 1. The van der Waals surface area contributed by atoms with Crippen LogP contribution in [0.3, 0.4) is 0 Å². The first-order valence-electron chi connectivity index (χ1n) is 8.36. The second-order valence-corrected chi connectivity index (χ2v) is 7.25. The third kappa shape index (κ3) is 4.75. The number of hydrogen-bond acceptors (Lipinski definition) is 3. The van der Waals surface area contributed by atoms with E-state index in [0.717, 1.165) is 11.1 Å². The summed E-state index contributed by atoms with van der Waals surface area (Å²) in [5.41, 5.74) is 8.90. The molecule has 2 N–H and O–H groups in total. The highest BCUT2D eigenvalue weighted by Crippen LogP contribution is 2.30. The molecule has 2 aromatic carbocycles. The monoisotopic (exact) mass is 341 g/mol. The third-order valence-corrected chi connectivity index (χ3v) is 4.38. The highest BCUT2D eigenvalue weighted by Gasteiger charge is 2.21. The molecule has 1 atom stereocenters. The van der Waals surface area contributed by atoms with Crippen molar-refractivity contribution in [3.8, 4) is 11.5 Å². The lowest BCUT2D eigenvalue weighted by atomic mass is 9.85. The highest BCUT2D eigenvalue weighted by atomic mass is 16.5. The van der Waals surface area contributed by atoms with E-state index in [9.17, 15) is 4.79 Å². The number of rotatable bonds is 6. The van der Waals surface area contributed by atoms with Gasteiger partial charge in [-0.3, -0.25) is 4.79 Å². The fourth-order valence-corrected chi connectivity index (χ4v) is 2.79. The van der Waals surface area contributed by atoms with E-state index in [4.69, 9.17) is 15.2 Å². The van der Waals surface area contributed by atoms with Crippen molar-refractivity contribution in [3.63, 3.8) is 0 Å². The van der Waals surface area contributed by atoms with Gasteiger partial charge in [0.2, 0.25) is 5.91 Å². The molecule has 2 rings (SSSR count). The molecule has 4 nitrogen and oxygen atoms in total. The molecule has 0 radical (unpaired) electrons. The Kier molecular flexibility index (Phi) is 5.73. The SMILES string of the molecule is COc1cc(OC)cc(C(Cc2ccc(C(C)(C)C)cc2)C(N)=O)c1. The topological polar surface area (TPSA) is 61.6 Å². The molecule has 0 aliphatic rings. The van der Waals surface area contributed by atoms with Crippen LogP contribution >= 0.6 is 0 Å². The Morgan fingerprint density at radius 2 is 1.52 bits per heavy atom. The first-order valence-corrected chi connectivity index (χ1v) is 8.36. The van der Waals surface area contributed by atoms with E-state index in [2.05, 4.69) is 45.0 Å². The first-order chi connectivity index (χ1) is 11.7. The van der Waals surface area contributed by atoms with Crippen LogP contribution in [0.4, 0.5) is 0 Å². The summed E-state index contributed by atoms with van der Waals surface area (Å²) in [6, 6.07) is 13.8. The van der Waals surface area contributed by atoms with E-state index < -0.39 is 5.92 Å². The molecular weight excluding hydrogens is 314 g/mol. The molecule has 0 spiro atoms. The highest BCUT2D eigenvalue weighted by molar-refractivity contribution is 5.82. The predicted molar refractivity (Wildman–Crippen MR) is 100 cm³/mol. The van der Waals surface area contributed by atoms with Gasteiger partial charge in [0.05, 0.1) is 20.1 Å². The van der Waals surface area contributed by atoms with Gasteiger partial charge in [-0.05, 0) is 40.7 Å². The molecule has 4 heteroatoms. The quantitative estimate of drug-likeness (QED) is 0.869. The molecule has 25 heavy (non-hydrogen) atoms. The summed E-state index contributed by atoms with van der Waals surface area (Å²) in [7, 11) is 3.17. The Bertz CT molecular complexity index is 708. The van der Waals surface area contributed by atoms with Crippen LogP contribution in [0.15, 0.2) is 42.5 Å². The van der Waals surface area contributed by atoms with Crippen molar-refractivity contribution in [1.82, 2.24) is 0 Å². The number of hydrogen-bond donors (Lipinski definition) is 1. The van der Waals surface area contributed by atoms with E-state index >= 15 is 0 Å². The van der Waals surface area contributed by atoms with Crippen LogP contribution in [0.2, 0.25) is 0 Å². The maximum atomic E-state index is 12.1. The zero-order valence-corrected chi connectivity index (χ0v) is 15.6. The molecule has 0 aliphatic heterocycles.